The molecule has 82 valence electrons. The average Bonchev–Trinajstić information content (AvgIpc) is 2.16. The summed E-state index contributed by atoms with van der Waals surface area (Å²) in [5, 5.41) is 3.43. The van der Waals surface area contributed by atoms with Crippen molar-refractivity contribution >= 4 is 11.5 Å². The van der Waals surface area contributed by atoms with E-state index in [0.29, 0.717) is 0 Å². The van der Waals surface area contributed by atoms with E-state index in [1.807, 2.05) is 31.3 Å². The van der Waals surface area contributed by atoms with Gasteiger partial charge in [-0.25, -0.2) is 4.98 Å². The van der Waals surface area contributed by atoms with Crippen LogP contribution in [-0.4, -0.2) is 25.6 Å². The van der Waals surface area contributed by atoms with Crippen LogP contribution in [0.5, 0.6) is 0 Å². The first-order valence-electron chi connectivity index (χ1n) is 5.63. The topological polar surface area (TPSA) is 28.2 Å². The quantitative estimate of drug-likeness (QED) is 0.818. The van der Waals surface area contributed by atoms with Gasteiger partial charge < -0.3 is 10.2 Å². The Morgan fingerprint density at radius 2 is 2.20 bits per heavy atom. The highest BCUT2D eigenvalue weighted by Crippen LogP contribution is 2.26. The number of nitrogens with one attached hydrogen (secondary N) is 1. The molecule has 1 N–H and O–H groups in total. The molecular formula is C12H19N3. The molecule has 0 amide bonds. The summed E-state index contributed by atoms with van der Waals surface area (Å²) in [6.45, 7) is 1.10. The lowest BCUT2D eigenvalue weighted by atomic mass is 9.85. The molecule has 0 unspecified atom stereocenters. The molecule has 1 aliphatic rings. The summed E-state index contributed by atoms with van der Waals surface area (Å²) in [4.78, 5) is 6.37. The summed E-state index contributed by atoms with van der Waals surface area (Å²) in [5.74, 6) is 1.89. The fourth-order valence-corrected chi connectivity index (χ4v) is 1.71. The second-order valence-corrected chi connectivity index (χ2v) is 4.48. The molecule has 3 heteroatoms. The first-order chi connectivity index (χ1) is 7.25. The van der Waals surface area contributed by atoms with E-state index in [2.05, 4.69) is 16.4 Å². The third kappa shape index (κ3) is 2.61. The Labute approximate surface area is 91.5 Å². The van der Waals surface area contributed by atoms with Gasteiger partial charge in [-0.1, -0.05) is 6.42 Å². The standard InChI is InChI=1S/C12H19N3/c1-15(2)12-7-6-11(9-14-12)13-8-10-4-3-5-10/h6-7,9-10,13H,3-5,8H2,1-2H3. The van der Waals surface area contributed by atoms with Crippen LogP contribution in [-0.2, 0) is 0 Å². The van der Waals surface area contributed by atoms with Crippen molar-refractivity contribution in [3.05, 3.63) is 18.3 Å². The summed E-state index contributed by atoms with van der Waals surface area (Å²) in [6, 6.07) is 4.14. The van der Waals surface area contributed by atoms with Crippen molar-refractivity contribution in [1.82, 2.24) is 4.98 Å². The second kappa shape index (κ2) is 4.51. The van der Waals surface area contributed by atoms with Gasteiger partial charge in [0.1, 0.15) is 5.82 Å². The summed E-state index contributed by atoms with van der Waals surface area (Å²) in [7, 11) is 4.01. The fraction of sp³-hybridized carbons (Fsp3) is 0.583. The molecular weight excluding hydrogens is 186 g/mol. The van der Waals surface area contributed by atoms with Gasteiger partial charge in [0.05, 0.1) is 11.9 Å². The molecule has 0 aromatic carbocycles. The molecule has 0 spiro atoms. The normalized spacial score (nSPS) is 15.9. The Hall–Kier alpha value is -1.25. The van der Waals surface area contributed by atoms with Gasteiger partial charge in [-0.3, -0.25) is 0 Å². The van der Waals surface area contributed by atoms with Gasteiger partial charge in [0.15, 0.2) is 0 Å². The zero-order chi connectivity index (χ0) is 10.7. The van der Waals surface area contributed by atoms with Crippen molar-refractivity contribution in [2.75, 3.05) is 30.9 Å². The van der Waals surface area contributed by atoms with Gasteiger partial charge in [-0.2, -0.15) is 0 Å². The number of rotatable bonds is 4. The highest BCUT2D eigenvalue weighted by atomic mass is 15.1. The summed E-state index contributed by atoms with van der Waals surface area (Å²) >= 11 is 0. The molecule has 1 aromatic heterocycles. The van der Waals surface area contributed by atoms with Crippen molar-refractivity contribution in [1.29, 1.82) is 0 Å². The second-order valence-electron chi connectivity index (χ2n) is 4.48. The van der Waals surface area contributed by atoms with Crippen LogP contribution in [0, 0.1) is 5.92 Å². The molecule has 3 nitrogen and oxygen atoms in total. The molecule has 1 aromatic rings. The fourth-order valence-electron chi connectivity index (χ4n) is 1.71. The lowest BCUT2D eigenvalue weighted by Gasteiger charge is -2.25. The van der Waals surface area contributed by atoms with Crippen LogP contribution in [0.15, 0.2) is 18.3 Å². The largest absolute Gasteiger partial charge is 0.384 e. The van der Waals surface area contributed by atoms with Crippen LogP contribution < -0.4 is 10.2 Å². The number of nitrogens with zero attached hydrogens (tertiary/aromatic N) is 2. The van der Waals surface area contributed by atoms with Gasteiger partial charge in [0.25, 0.3) is 0 Å². The molecule has 0 saturated heterocycles. The smallest absolute Gasteiger partial charge is 0.128 e. The molecule has 1 heterocycles. The van der Waals surface area contributed by atoms with Crippen molar-refractivity contribution in [3.63, 3.8) is 0 Å². The maximum Gasteiger partial charge on any atom is 0.128 e. The van der Waals surface area contributed by atoms with Gasteiger partial charge >= 0.3 is 0 Å². The van der Waals surface area contributed by atoms with E-state index in [4.69, 9.17) is 0 Å². The minimum Gasteiger partial charge on any atom is -0.384 e. The molecule has 0 atom stereocenters. The summed E-state index contributed by atoms with van der Waals surface area (Å²) in [5.41, 5.74) is 1.13. The van der Waals surface area contributed by atoms with E-state index < -0.39 is 0 Å². The number of pyridine rings is 1. The predicted molar refractivity (Wildman–Crippen MR) is 64.4 cm³/mol. The number of anilines is 2. The summed E-state index contributed by atoms with van der Waals surface area (Å²) < 4.78 is 0. The van der Waals surface area contributed by atoms with Crippen molar-refractivity contribution in [3.8, 4) is 0 Å². The minimum absolute atomic E-state index is 0.888. The molecule has 1 aliphatic carbocycles. The monoisotopic (exact) mass is 205 g/mol. The lowest BCUT2D eigenvalue weighted by Crippen LogP contribution is -2.21. The van der Waals surface area contributed by atoms with E-state index >= 15 is 0 Å². The maximum absolute atomic E-state index is 4.36. The van der Waals surface area contributed by atoms with E-state index in [1.165, 1.54) is 19.3 Å². The van der Waals surface area contributed by atoms with E-state index in [0.717, 1.165) is 24.0 Å². The number of aromatic nitrogens is 1. The highest BCUT2D eigenvalue weighted by Gasteiger charge is 2.16. The molecule has 0 radical (unpaired) electrons. The first-order valence-corrected chi connectivity index (χ1v) is 5.63. The SMILES string of the molecule is CN(C)c1ccc(NCC2CCC2)cn1. The van der Waals surface area contributed by atoms with Crippen LogP contribution in [0.25, 0.3) is 0 Å². The average molecular weight is 205 g/mol. The Bertz CT molecular complexity index is 301. The van der Waals surface area contributed by atoms with Crippen LogP contribution in [0.2, 0.25) is 0 Å². The Kier molecular flexibility index (Phi) is 3.09. The van der Waals surface area contributed by atoms with E-state index in [1.54, 1.807) is 0 Å². The van der Waals surface area contributed by atoms with Crippen LogP contribution in [0.1, 0.15) is 19.3 Å². The van der Waals surface area contributed by atoms with E-state index in [-0.39, 0.29) is 0 Å². The first kappa shape index (κ1) is 10.3. The lowest BCUT2D eigenvalue weighted by molar-refractivity contribution is 0.333. The van der Waals surface area contributed by atoms with Gasteiger partial charge in [0, 0.05) is 20.6 Å². The molecule has 1 saturated carbocycles. The minimum atomic E-state index is 0.888. The van der Waals surface area contributed by atoms with Crippen LogP contribution >= 0.6 is 0 Å². The Morgan fingerprint density at radius 3 is 2.67 bits per heavy atom. The Balaban J connectivity index is 1.86. The molecule has 15 heavy (non-hydrogen) atoms. The van der Waals surface area contributed by atoms with Crippen molar-refractivity contribution in [2.45, 2.75) is 19.3 Å². The molecule has 0 aliphatic heterocycles. The van der Waals surface area contributed by atoms with Crippen molar-refractivity contribution < 1.29 is 0 Å². The van der Waals surface area contributed by atoms with Crippen LogP contribution in [0.3, 0.4) is 0 Å². The maximum atomic E-state index is 4.36. The third-order valence-corrected chi connectivity index (χ3v) is 3.03. The van der Waals surface area contributed by atoms with Crippen LogP contribution in [0.4, 0.5) is 11.5 Å². The molecule has 0 bridgehead atoms. The molecule has 1 fully saturated rings. The Morgan fingerprint density at radius 1 is 1.40 bits per heavy atom. The number of hydrogen-bond acceptors (Lipinski definition) is 3. The zero-order valence-corrected chi connectivity index (χ0v) is 9.53. The highest BCUT2D eigenvalue weighted by molar-refractivity contribution is 5.47. The number of hydrogen-bond donors (Lipinski definition) is 1. The van der Waals surface area contributed by atoms with Gasteiger partial charge in [0.2, 0.25) is 0 Å². The third-order valence-electron chi connectivity index (χ3n) is 3.03. The van der Waals surface area contributed by atoms with Gasteiger partial charge in [-0.05, 0) is 30.9 Å². The predicted octanol–water partition coefficient (Wildman–Crippen LogP) is 2.36. The van der Waals surface area contributed by atoms with Gasteiger partial charge in [-0.15, -0.1) is 0 Å². The summed E-state index contributed by atoms with van der Waals surface area (Å²) in [6.07, 6.45) is 6.09. The van der Waals surface area contributed by atoms with E-state index in [9.17, 15) is 0 Å². The zero-order valence-electron chi connectivity index (χ0n) is 9.53. The van der Waals surface area contributed by atoms with Crippen molar-refractivity contribution in [2.24, 2.45) is 5.92 Å². The molecule has 2 rings (SSSR count).